The Bertz CT molecular complexity index is 848. The highest BCUT2D eigenvalue weighted by molar-refractivity contribution is 6.30. The van der Waals surface area contributed by atoms with Gasteiger partial charge in [0.15, 0.2) is 0 Å². The second-order valence-electron chi connectivity index (χ2n) is 5.14. The molecule has 1 aliphatic rings. The van der Waals surface area contributed by atoms with Crippen LogP contribution in [0.2, 0.25) is 5.02 Å². The highest BCUT2D eigenvalue weighted by Gasteiger charge is 2.38. The molecule has 1 aromatic carbocycles. The van der Waals surface area contributed by atoms with E-state index in [2.05, 4.69) is 0 Å². The molecule has 0 atom stereocenters. The fraction of sp³-hybridized carbons (Fsp3) is 0.111. The summed E-state index contributed by atoms with van der Waals surface area (Å²) in [6.45, 7) is 1.70. The number of carbonyl (C=O) groups is 2. The summed E-state index contributed by atoms with van der Waals surface area (Å²) in [7, 11) is 1.28. The van der Waals surface area contributed by atoms with Gasteiger partial charge in [-0.1, -0.05) is 11.6 Å². The number of esters is 1. The first-order chi connectivity index (χ1) is 11.5. The van der Waals surface area contributed by atoms with Crippen LogP contribution in [0.25, 0.3) is 6.08 Å². The summed E-state index contributed by atoms with van der Waals surface area (Å²) in [5.41, 5.74) is 1.55. The number of hydrogen-bond donors (Lipinski definition) is 0. The Labute approximate surface area is 143 Å². The smallest absolute Gasteiger partial charge is 0.340 e. The normalized spacial score (nSPS) is 16.2. The first-order valence-electron chi connectivity index (χ1n) is 7.17. The maximum atomic E-state index is 12.9. The summed E-state index contributed by atoms with van der Waals surface area (Å²) in [6.07, 6.45) is 3.03. The van der Waals surface area contributed by atoms with Gasteiger partial charge in [0.25, 0.3) is 5.91 Å². The lowest BCUT2D eigenvalue weighted by Crippen LogP contribution is -2.24. The van der Waals surface area contributed by atoms with Gasteiger partial charge in [-0.3, -0.25) is 9.69 Å². The Hall–Kier alpha value is -2.79. The molecule has 0 bridgehead atoms. The quantitative estimate of drug-likeness (QED) is 0.628. The number of rotatable bonds is 3. The number of anilines is 1. The summed E-state index contributed by atoms with van der Waals surface area (Å²) in [4.78, 5) is 26.5. The third kappa shape index (κ3) is 2.74. The molecule has 0 N–H and O–H groups in total. The van der Waals surface area contributed by atoms with Crippen LogP contribution < -0.4 is 4.90 Å². The molecule has 3 rings (SSSR count). The van der Waals surface area contributed by atoms with Crippen LogP contribution >= 0.6 is 11.6 Å². The highest BCUT2D eigenvalue weighted by Crippen LogP contribution is 2.35. The standard InChI is InChI=1S/C18H14ClNO4/c1-11-16(18(22)23-2)15(10-14-4-3-9-24-14)17(21)20(11)13-7-5-12(19)6-8-13/h3-10H,1-2H3. The van der Waals surface area contributed by atoms with Crippen molar-refractivity contribution < 1.29 is 18.7 Å². The lowest BCUT2D eigenvalue weighted by molar-refractivity contribution is -0.136. The van der Waals surface area contributed by atoms with Crippen LogP contribution in [0, 0.1) is 0 Å². The lowest BCUT2D eigenvalue weighted by Gasteiger charge is -2.17. The number of amides is 1. The van der Waals surface area contributed by atoms with E-state index in [1.54, 1.807) is 43.3 Å². The molecule has 0 fully saturated rings. The van der Waals surface area contributed by atoms with Crippen molar-refractivity contribution >= 4 is 35.2 Å². The van der Waals surface area contributed by atoms with E-state index in [-0.39, 0.29) is 17.1 Å². The molecule has 5 nitrogen and oxygen atoms in total. The number of furan rings is 1. The number of methoxy groups -OCH3 is 1. The topological polar surface area (TPSA) is 59.8 Å². The summed E-state index contributed by atoms with van der Waals surface area (Å²) in [5.74, 6) is -0.424. The van der Waals surface area contributed by atoms with Gasteiger partial charge in [0.05, 0.1) is 24.5 Å². The van der Waals surface area contributed by atoms with E-state index < -0.39 is 5.97 Å². The minimum atomic E-state index is -0.574. The van der Waals surface area contributed by atoms with Gasteiger partial charge in [-0.15, -0.1) is 0 Å². The van der Waals surface area contributed by atoms with Gasteiger partial charge in [0.2, 0.25) is 0 Å². The number of allylic oxidation sites excluding steroid dienone is 1. The maximum Gasteiger partial charge on any atom is 0.340 e. The van der Waals surface area contributed by atoms with Crippen LogP contribution in [0.4, 0.5) is 5.69 Å². The van der Waals surface area contributed by atoms with E-state index in [1.807, 2.05) is 0 Å². The van der Waals surface area contributed by atoms with Crippen molar-refractivity contribution in [1.82, 2.24) is 0 Å². The molecular weight excluding hydrogens is 330 g/mol. The number of ether oxygens (including phenoxy) is 1. The van der Waals surface area contributed by atoms with Gasteiger partial charge < -0.3 is 9.15 Å². The molecule has 2 heterocycles. The molecule has 0 radical (unpaired) electrons. The Morgan fingerprint density at radius 2 is 1.96 bits per heavy atom. The van der Waals surface area contributed by atoms with E-state index in [0.717, 1.165) is 0 Å². The SMILES string of the molecule is COC(=O)C1=C(C)N(c2ccc(Cl)cc2)C(=O)C1=Cc1ccco1. The van der Waals surface area contributed by atoms with Gasteiger partial charge >= 0.3 is 5.97 Å². The number of halogens is 1. The second-order valence-corrected chi connectivity index (χ2v) is 5.58. The molecule has 2 aromatic rings. The summed E-state index contributed by atoms with van der Waals surface area (Å²) < 4.78 is 10.1. The molecule has 122 valence electrons. The van der Waals surface area contributed by atoms with Crippen LogP contribution in [0.15, 0.2) is 63.9 Å². The van der Waals surface area contributed by atoms with Gasteiger partial charge in [0, 0.05) is 16.4 Å². The van der Waals surface area contributed by atoms with Gasteiger partial charge in [-0.2, -0.15) is 0 Å². The third-order valence-electron chi connectivity index (χ3n) is 3.70. The molecule has 0 aliphatic carbocycles. The summed E-state index contributed by atoms with van der Waals surface area (Å²) in [6, 6.07) is 10.2. The maximum absolute atomic E-state index is 12.9. The minimum Gasteiger partial charge on any atom is -0.465 e. The lowest BCUT2D eigenvalue weighted by atomic mass is 10.1. The third-order valence-corrected chi connectivity index (χ3v) is 3.96. The van der Waals surface area contributed by atoms with Crippen molar-refractivity contribution in [2.45, 2.75) is 6.92 Å². The fourth-order valence-corrected chi connectivity index (χ4v) is 2.72. The molecule has 6 heteroatoms. The zero-order valence-corrected chi connectivity index (χ0v) is 13.8. The number of nitrogens with zero attached hydrogens (tertiary/aromatic N) is 1. The molecule has 1 aromatic heterocycles. The van der Waals surface area contributed by atoms with Crippen LogP contribution in [0.3, 0.4) is 0 Å². The van der Waals surface area contributed by atoms with Crippen molar-refractivity contribution in [1.29, 1.82) is 0 Å². The van der Waals surface area contributed by atoms with Crippen molar-refractivity contribution in [3.05, 3.63) is 70.3 Å². The largest absolute Gasteiger partial charge is 0.465 e. The Morgan fingerprint density at radius 3 is 2.54 bits per heavy atom. The molecule has 0 unspecified atom stereocenters. The van der Waals surface area contributed by atoms with Gasteiger partial charge in [0.1, 0.15) is 5.76 Å². The molecule has 1 amide bonds. The van der Waals surface area contributed by atoms with E-state index in [0.29, 0.717) is 22.2 Å². The Morgan fingerprint density at radius 1 is 1.25 bits per heavy atom. The predicted octanol–water partition coefficient (Wildman–Crippen LogP) is 3.81. The Balaban J connectivity index is 2.12. The molecule has 0 saturated carbocycles. The highest BCUT2D eigenvalue weighted by atomic mass is 35.5. The predicted molar refractivity (Wildman–Crippen MR) is 90.3 cm³/mol. The van der Waals surface area contributed by atoms with E-state index >= 15 is 0 Å². The van der Waals surface area contributed by atoms with E-state index in [4.69, 9.17) is 20.8 Å². The van der Waals surface area contributed by atoms with Gasteiger partial charge in [-0.25, -0.2) is 4.79 Å². The first-order valence-corrected chi connectivity index (χ1v) is 7.55. The second kappa shape index (κ2) is 6.37. The molecule has 24 heavy (non-hydrogen) atoms. The fourth-order valence-electron chi connectivity index (χ4n) is 2.60. The molecule has 0 saturated heterocycles. The molecular formula is C18H14ClNO4. The van der Waals surface area contributed by atoms with Crippen molar-refractivity contribution in [2.75, 3.05) is 12.0 Å². The van der Waals surface area contributed by atoms with Crippen LogP contribution in [0.5, 0.6) is 0 Å². The zero-order chi connectivity index (χ0) is 17.3. The van der Waals surface area contributed by atoms with Gasteiger partial charge in [-0.05, 0) is 49.4 Å². The average molecular weight is 344 g/mol. The average Bonchev–Trinajstić information content (AvgIpc) is 3.16. The Kier molecular flexibility index (Phi) is 4.27. The molecule has 1 aliphatic heterocycles. The van der Waals surface area contributed by atoms with E-state index in [1.165, 1.54) is 24.3 Å². The number of hydrogen-bond acceptors (Lipinski definition) is 4. The summed E-state index contributed by atoms with van der Waals surface area (Å²) >= 11 is 5.90. The minimum absolute atomic E-state index is 0.217. The summed E-state index contributed by atoms with van der Waals surface area (Å²) in [5, 5.41) is 0.562. The van der Waals surface area contributed by atoms with Crippen molar-refractivity contribution in [2.24, 2.45) is 0 Å². The molecule has 0 spiro atoms. The number of carbonyl (C=O) groups excluding carboxylic acids is 2. The van der Waals surface area contributed by atoms with Crippen LogP contribution in [0.1, 0.15) is 12.7 Å². The number of benzene rings is 1. The zero-order valence-electron chi connectivity index (χ0n) is 13.1. The first kappa shape index (κ1) is 16.1. The van der Waals surface area contributed by atoms with Crippen LogP contribution in [-0.2, 0) is 14.3 Å². The van der Waals surface area contributed by atoms with Crippen molar-refractivity contribution in [3.63, 3.8) is 0 Å². The van der Waals surface area contributed by atoms with Crippen molar-refractivity contribution in [3.8, 4) is 0 Å². The van der Waals surface area contributed by atoms with Crippen LogP contribution in [-0.4, -0.2) is 19.0 Å². The monoisotopic (exact) mass is 343 g/mol. The van der Waals surface area contributed by atoms with E-state index in [9.17, 15) is 9.59 Å².